The van der Waals surface area contributed by atoms with Gasteiger partial charge in [0.2, 0.25) is 0 Å². The molecule has 116 valence electrons. The maximum atomic E-state index is 5.99. The van der Waals surface area contributed by atoms with Gasteiger partial charge in [-0.2, -0.15) is 0 Å². The second-order valence-electron chi connectivity index (χ2n) is 6.45. The molecule has 2 N–H and O–H groups in total. The van der Waals surface area contributed by atoms with E-state index in [1.807, 2.05) is 24.3 Å². The highest BCUT2D eigenvalue weighted by Gasteiger charge is 2.32. The number of para-hydroxylation sites is 1. The Hall–Kier alpha value is -1.06. The Balaban J connectivity index is 1.52. The minimum Gasteiger partial charge on any atom is -0.492 e. The highest BCUT2D eigenvalue weighted by atomic mass is 16.5. The van der Waals surface area contributed by atoms with Crippen molar-refractivity contribution in [3.8, 4) is 5.75 Å². The van der Waals surface area contributed by atoms with E-state index in [2.05, 4.69) is 4.90 Å². The summed E-state index contributed by atoms with van der Waals surface area (Å²) in [4.78, 5) is 2.68. The van der Waals surface area contributed by atoms with E-state index in [0.717, 1.165) is 36.4 Å². The lowest BCUT2D eigenvalue weighted by Gasteiger charge is -2.44. The van der Waals surface area contributed by atoms with Crippen molar-refractivity contribution in [2.45, 2.75) is 51.1 Å². The molecule has 2 atom stereocenters. The number of piperidine rings is 1. The van der Waals surface area contributed by atoms with E-state index in [1.165, 1.54) is 45.1 Å². The summed E-state index contributed by atoms with van der Waals surface area (Å²) in [7, 11) is 0. The zero-order valence-electron chi connectivity index (χ0n) is 13.0. The fourth-order valence-electron chi connectivity index (χ4n) is 4.09. The molecule has 0 unspecified atom stereocenters. The molecule has 3 rings (SSSR count). The number of rotatable bonds is 5. The van der Waals surface area contributed by atoms with Gasteiger partial charge in [-0.15, -0.1) is 0 Å². The van der Waals surface area contributed by atoms with Crippen LogP contribution in [0.4, 0.5) is 0 Å². The van der Waals surface area contributed by atoms with Gasteiger partial charge in [0, 0.05) is 24.7 Å². The van der Waals surface area contributed by atoms with Crippen molar-refractivity contribution in [1.82, 2.24) is 4.90 Å². The Morgan fingerprint density at radius 2 is 1.90 bits per heavy atom. The Kier molecular flexibility index (Phi) is 5.15. The molecule has 2 fully saturated rings. The zero-order valence-corrected chi connectivity index (χ0v) is 13.0. The fraction of sp³-hybridized carbons (Fsp3) is 0.667. The number of nitrogens with zero attached hydrogens (tertiary/aromatic N) is 1. The van der Waals surface area contributed by atoms with Crippen LogP contribution in [-0.4, -0.2) is 30.6 Å². The normalized spacial score (nSPS) is 26.3. The molecule has 1 aromatic carbocycles. The van der Waals surface area contributed by atoms with Crippen LogP contribution in [-0.2, 0) is 6.54 Å². The summed E-state index contributed by atoms with van der Waals surface area (Å²) >= 11 is 0. The molecule has 0 bridgehead atoms. The molecular formula is C18H28N2O. The Morgan fingerprint density at radius 1 is 1.10 bits per heavy atom. The predicted octanol–water partition coefficient (Wildman–Crippen LogP) is 3.18. The van der Waals surface area contributed by atoms with Crippen LogP contribution in [0.25, 0.3) is 0 Å². The van der Waals surface area contributed by atoms with Gasteiger partial charge in [0.15, 0.2) is 0 Å². The molecule has 1 aliphatic heterocycles. The van der Waals surface area contributed by atoms with Crippen molar-refractivity contribution < 1.29 is 4.74 Å². The van der Waals surface area contributed by atoms with Crippen LogP contribution in [0.1, 0.15) is 44.1 Å². The molecule has 1 saturated heterocycles. The van der Waals surface area contributed by atoms with Gasteiger partial charge >= 0.3 is 0 Å². The molecule has 0 radical (unpaired) electrons. The number of hydrogen-bond donors (Lipinski definition) is 1. The first-order valence-electron chi connectivity index (χ1n) is 8.53. The molecule has 0 spiro atoms. The van der Waals surface area contributed by atoms with Crippen molar-refractivity contribution in [2.75, 3.05) is 19.7 Å². The van der Waals surface area contributed by atoms with Crippen LogP contribution in [0, 0.1) is 5.92 Å². The second-order valence-corrected chi connectivity index (χ2v) is 6.45. The Bertz CT molecular complexity index is 447. The van der Waals surface area contributed by atoms with Crippen LogP contribution in [0.3, 0.4) is 0 Å². The van der Waals surface area contributed by atoms with Crippen LogP contribution in [0.5, 0.6) is 5.75 Å². The van der Waals surface area contributed by atoms with Crippen molar-refractivity contribution in [3.63, 3.8) is 0 Å². The Morgan fingerprint density at radius 3 is 2.81 bits per heavy atom. The number of benzene rings is 1. The lowest BCUT2D eigenvalue weighted by molar-refractivity contribution is 0.0500. The standard InChI is InChI=1S/C18H28N2O/c19-14-16-7-2-4-10-18(16)21-13-12-20-11-5-8-15-6-1-3-9-17(15)20/h2,4,7,10,15,17H,1,3,5-6,8-9,11-14,19H2/t15-,17-/m1/s1. The maximum Gasteiger partial charge on any atom is 0.123 e. The van der Waals surface area contributed by atoms with Crippen molar-refractivity contribution in [2.24, 2.45) is 11.7 Å². The summed E-state index contributed by atoms with van der Waals surface area (Å²) < 4.78 is 5.99. The number of ether oxygens (including phenoxy) is 1. The van der Waals surface area contributed by atoms with E-state index in [4.69, 9.17) is 10.5 Å². The van der Waals surface area contributed by atoms with Gasteiger partial charge in [0.05, 0.1) is 0 Å². The first-order chi connectivity index (χ1) is 10.4. The first-order valence-corrected chi connectivity index (χ1v) is 8.53. The van der Waals surface area contributed by atoms with E-state index in [0.29, 0.717) is 6.54 Å². The zero-order chi connectivity index (χ0) is 14.5. The first kappa shape index (κ1) is 14.9. The van der Waals surface area contributed by atoms with Gasteiger partial charge < -0.3 is 10.5 Å². The van der Waals surface area contributed by atoms with Crippen LogP contribution < -0.4 is 10.5 Å². The van der Waals surface area contributed by atoms with E-state index in [-0.39, 0.29) is 0 Å². The fourth-order valence-corrected chi connectivity index (χ4v) is 4.09. The SMILES string of the molecule is NCc1ccccc1OCCN1CCC[C@H]2CCCC[C@H]21. The summed E-state index contributed by atoms with van der Waals surface area (Å²) in [6, 6.07) is 8.94. The third-order valence-electron chi connectivity index (χ3n) is 5.19. The molecule has 1 saturated carbocycles. The molecular weight excluding hydrogens is 260 g/mol. The topological polar surface area (TPSA) is 38.5 Å². The minimum absolute atomic E-state index is 0.546. The second kappa shape index (κ2) is 7.28. The third kappa shape index (κ3) is 3.58. The molecule has 1 aromatic rings. The monoisotopic (exact) mass is 288 g/mol. The van der Waals surface area contributed by atoms with Crippen LogP contribution in [0.2, 0.25) is 0 Å². The molecule has 3 nitrogen and oxygen atoms in total. The van der Waals surface area contributed by atoms with E-state index >= 15 is 0 Å². The lowest BCUT2D eigenvalue weighted by Crippen LogP contribution is -2.48. The van der Waals surface area contributed by atoms with Gasteiger partial charge in [-0.25, -0.2) is 0 Å². The summed E-state index contributed by atoms with van der Waals surface area (Å²) in [5, 5.41) is 0. The summed E-state index contributed by atoms with van der Waals surface area (Å²) in [6.45, 7) is 3.63. The van der Waals surface area contributed by atoms with Crippen molar-refractivity contribution >= 4 is 0 Å². The third-order valence-corrected chi connectivity index (χ3v) is 5.19. The van der Waals surface area contributed by atoms with Gasteiger partial charge in [-0.3, -0.25) is 4.90 Å². The average Bonchev–Trinajstić information content (AvgIpc) is 2.55. The molecule has 1 heterocycles. The van der Waals surface area contributed by atoms with Gasteiger partial charge in [0.1, 0.15) is 12.4 Å². The molecule has 2 aliphatic rings. The van der Waals surface area contributed by atoms with Gasteiger partial charge in [0.25, 0.3) is 0 Å². The highest BCUT2D eigenvalue weighted by molar-refractivity contribution is 5.32. The van der Waals surface area contributed by atoms with Gasteiger partial charge in [-0.1, -0.05) is 31.0 Å². The van der Waals surface area contributed by atoms with Crippen LogP contribution >= 0.6 is 0 Å². The van der Waals surface area contributed by atoms with E-state index < -0.39 is 0 Å². The van der Waals surface area contributed by atoms with Gasteiger partial charge in [-0.05, 0) is 44.2 Å². The smallest absolute Gasteiger partial charge is 0.123 e. The average molecular weight is 288 g/mol. The number of nitrogens with two attached hydrogens (primary N) is 1. The number of hydrogen-bond acceptors (Lipinski definition) is 3. The van der Waals surface area contributed by atoms with Crippen LogP contribution in [0.15, 0.2) is 24.3 Å². The minimum atomic E-state index is 0.546. The number of likely N-dealkylation sites (tertiary alicyclic amines) is 1. The van der Waals surface area contributed by atoms with E-state index in [1.54, 1.807) is 0 Å². The molecule has 0 aromatic heterocycles. The summed E-state index contributed by atoms with van der Waals surface area (Å²) in [6.07, 6.45) is 8.49. The quantitative estimate of drug-likeness (QED) is 0.904. The summed E-state index contributed by atoms with van der Waals surface area (Å²) in [5.41, 5.74) is 6.87. The largest absolute Gasteiger partial charge is 0.492 e. The van der Waals surface area contributed by atoms with E-state index in [9.17, 15) is 0 Å². The lowest BCUT2D eigenvalue weighted by atomic mass is 9.78. The molecule has 0 amide bonds. The van der Waals surface area contributed by atoms with Crippen molar-refractivity contribution in [1.29, 1.82) is 0 Å². The number of fused-ring (bicyclic) bond motifs is 1. The predicted molar refractivity (Wildman–Crippen MR) is 86.4 cm³/mol. The molecule has 1 aliphatic carbocycles. The molecule has 21 heavy (non-hydrogen) atoms. The maximum absolute atomic E-state index is 5.99. The summed E-state index contributed by atoms with van der Waals surface area (Å²) in [5.74, 6) is 1.90. The van der Waals surface area contributed by atoms with Crippen molar-refractivity contribution in [3.05, 3.63) is 29.8 Å². The molecule has 3 heteroatoms. The highest BCUT2D eigenvalue weighted by Crippen LogP contribution is 2.35. The Labute approximate surface area is 128 Å².